The Labute approximate surface area is 143 Å². The maximum Gasteiger partial charge on any atom is 0.311 e. The highest BCUT2D eigenvalue weighted by Gasteiger charge is 2.24. The van der Waals surface area contributed by atoms with Gasteiger partial charge in [-0.05, 0) is 61.6 Å². The summed E-state index contributed by atoms with van der Waals surface area (Å²) in [4.78, 5) is 11.9. The molecule has 24 heavy (non-hydrogen) atoms. The molecule has 0 aliphatic carbocycles. The molecule has 128 valence electrons. The summed E-state index contributed by atoms with van der Waals surface area (Å²) in [6.07, 6.45) is 0.403. The Morgan fingerprint density at radius 3 is 2.08 bits per heavy atom. The van der Waals surface area contributed by atoms with Gasteiger partial charge >= 0.3 is 5.97 Å². The minimum atomic E-state index is -0.820. The number of carboxylic acid groups (broad SMARTS) is 1. The quantitative estimate of drug-likeness (QED) is 0.869. The lowest BCUT2D eigenvalue weighted by Crippen LogP contribution is -2.17. The van der Waals surface area contributed by atoms with Crippen molar-refractivity contribution >= 4 is 5.97 Å². The molecule has 1 N–H and O–H groups in total. The van der Waals surface area contributed by atoms with Crippen molar-refractivity contribution in [2.24, 2.45) is 0 Å². The molecule has 0 aromatic heterocycles. The molecular weight excluding hydrogens is 304 g/mol. The van der Waals surface area contributed by atoms with Crippen LogP contribution in [0.4, 0.5) is 0 Å². The van der Waals surface area contributed by atoms with Crippen LogP contribution in [0, 0.1) is 20.8 Å². The van der Waals surface area contributed by atoms with Crippen LogP contribution in [0.25, 0.3) is 0 Å². The number of methoxy groups -OCH3 is 2. The lowest BCUT2D eigenvalue weighted by atomic mass is 9.85. The van der Waals surface area contributed by atoms with Crippen LogP contribution in [0.3, 0.4) is 0 Å². The van der Waals surface area contributed by atoms with Crippen LogP contribution in [-0.4, -0.2) is 25.3 Å². The fraction of sp³-hybridized carbons (Fsp3) is 0.350. The standard InChI is InChI=1S/C20H24O4/c1-12-8-13(2)19(14(3)9-12)16(20(21)22)10-15-6-7-17(23-4)18(11-15)24-5/h6-9,11,16H,10H2,1-5H3,(H,21,22). The van der Waals surface area contributed by atoms with E-state index in [1.54, 1.807) is 14.2 Å². The van der Waals surface area contributed by atoms with Crippen LogP contribution in [0.15, 0.2) is 30.3 Å². The first-order valence-electron chi connectivity index (χ1n) is 7.88. The fourth-order valence-corrected chi connectivity index (χ4v) is 3.30. The molecular formula is C20H24O4. The van der Waals surface area contributed by atoms with Crippen LogP contribution in [0.1, 0.15) is 33.7 Å². The first kappa shape index (κ1) is 17.9. The molecule has 1 atom stereocenters. The normalized spacial score (nSPS) is 11.9. The van der Waals surface area contributed by atoms with E-state index in [4.69, 9.17) is 9.47 Å². The van der Waals surface area contributed by atoms with Crippen molar-refractivity contribution in [3.8, 4) is 11.5 Å². The van der Waals surface area contributed by atoms with Gasteiger partial charge in [-0.2, -0.15) is 0 Å². The number of benzene rings is 2. The van der Waals surface area contributed by atoms with Gasteiger partial charge in [0, 0.05) is 0 Å². The smallest absolute Gasteiger partial charge is 0.311 e. The first-order chi connectivity index (χ1) is 11.4. The molecule has 0 saturated carbocycles. The summed E-state index contributed by atoms with van der Waals surface area (Å²) in [5.41, 5.74) is 4.96. The molecule has 4 heteroatoms. The number of hydrogen-bond donors (Lipinski definition) is 1. The maximum atomic E-state index is 11.9. The van der Waals surface area contributed by atoms with Crippen LogP contribution in [0.2, 0.25) is 0 Å². The van der Waals surface area contributed by atoms with Crippen LogP contribution in [0.5, 0.6) is 11.5 Å². The summed E-state index contributed by atoms with van der Waals surface area (Å²) in [5, 5.41) is 9.78. The van der Waals surface area contributed by atoms with Crippen LogP contribution < -0.4 is 9.47 Å². The molecule has 0 aliphatic rings. The van der Waals surface area contributed by atoms with Crippen molar-refractivity contribution in [3.63, 3.8) is 0 Å². The second-order valence-electron chi connectivity index (χ2n) is 6.10. The largest absolute Gasteiger partial charge is 0.493 e. The van der Waals surface area contributed by atoms with E-state index in [1.165, 1.54) is 0 Å². The minimum absolute atomic E-state index is 0.403. The second-order valence-corrected chi connectivity index (χ2v) is 6.10. The van der Waals surface area contributed by atoms with E-state index in [2.05, 4.69) is 0 Å². The van der Waals surface area contributed by atoms with Gasteiger partial charge in [-0.3, -0.25) is 4.79 Å². The van der Waals surface area contributed by atoms with Crippen LogP contribution >= 0.6 is 0 Å². The first-order valence-corrected chi connectivity index (χ1v) is 7.88. The minimum Gasteiger partial charge on any atom is -0.493 e. The Kier molecular flexibility index (Phi) is 5.50. The van der Waals surface area contributed by atoms with Gasteiger partial charge in [-0.15, -0.1) is 0 Å². The van der Waals surface area contributed by atoms with Gasteiger partial charge < -0.3 is 14.6 Å². The lowest BCUT2D eigenvalue weighted by molar-refractivity contribution is -0.138. The Morgan fingerprint density at radius 1 is 1.00 bits per heavy atom. The molecule has 0 saturated heterocycles. The molecule has 0 heterocycles. The zero-order chi connectivity index (χ0) is 17.9. The van der Waals surface area contributed by atoms with Crippen molar-refractivity contribution in [1.82, 2.24) is 0 Å². The average molecular weight is 328 g/mol. The number of aryl methyl sites for hydroxylation is 3. The molecule has 0 amide bonds. The molecule has 0 spiro atoms. The predicted octanol–water partition coefficient (Wildman–Crippen LogP) is 4.04. The zero-order valence-corrected chi connectivity index (χ0v) is 14.8. The SMILES string of the molecule is COc1ccc(CC(C(=O)O)c2c(C)cc(C)cc2C)cc1OC. The highest BCUT2D eigenvalue weighted by molar-refractivity contribution is 5.78. The van der Waals surface area contributed by atoms with Gasteiger partial charge in [-0.1, -0.05) is 23.8 Å². The van der Waals surface area contributed by atoms with Crippen molar-refractivity contribution in [3.05, 3.63) is 58.1 Å². The fourth-order valence-electron chi connectivity index (χ4n) is 3.30. The van der Waals surface area contributed by atoms with Crippen LogP contribution in [-0.2, 0) is 11.2 Å². The third kappa shape index (κ3) is 3.70. The molecule has 2 aromatic rings. The lowest BCUT2D eigenvalue weighted by Gasteiger charge is -2.19. The van der Waals surface area contributed by atoms with Gasteiger partial charge in [0.15, 0.2) is 11.5 Å². The van der Waals surface area contributed by atoms with Crippen molar-refractivity contribution in [2.75, 3.05) is 14.2 Å². The Balaban J connectivity index is 2.42. The van der Waals surface area contributed by atoms with Gasteiger partial charge in [0.25, 0.3) is 0 Å². The average Bonchev–Trinajstić information content (AvgIpc) is 2.52. The summed E-state index contributed by atoms with van der Waals surface area (Å²) >= 11 is 0. The monoisotopic (exact) mass is 328 g/mol. The number of rotatable bonds is 6. The van der Waals surface area contributed by atoms with E-state index in [0.717, 1.165) is 27.8 Å². The van der Waals surface area contributed by atoms with E-state index < -0.39 is 11.9 Å². The summed E-state index contributed by atoms with van der Waals surface area (Å²) in [6, 6.07) is 9.60. The number of hydrogen-bond acceptors (Lipinski definition) is 3. The van der Waals surface area contributed by atoms with Gasteiger partial charge in [0.2, 0.25) is 0 Å². The van der Waals surface area contributed by atoms with Gasteiger partial charge in [0.1, 0.15) is 0 Å². The Bertz CT molecular complexity index is 726. The summed E-state index contributed by atoms with van der Waals surface area (Å²) in [5.74, 6) is -0.171. The second kappa shape index (κ2) is 7.39. The highest BCUT2D eigenvalue weighted by atomic mass is 16.5. The molecule has 2 aromatic carbocycles. The molecule has 4 nitrogen and oxygen atoms in total. The van der Waals surface area contributed by atoms with Crippen molar-refractivity contribution in [2.45, 2.75) is 33.1 Å². The third-order valence-corrected chi connectivity index (χ3v) is 4.27. The molecule has 0 aliphatic heterocycles. The number of aliphatic carboxylic acids is 1. The van der Waals surface area contributed by atoms with E-state index in [1.807, 2.05) is 51.1 Å². The molecule has 2 rings (SSSR count). The van der Waals surface area contributed by atoms with E-state index >= 15 is 0 Å². The van der Waals surface area contributed by atoms with Gasteiger partial charge in [0.05, 0.1) is 20.1 Å². The topological polar surface area (TPSA) is 55.8 Å². The molecule has 0 radical (unpaired) electrons. The van der Waals surface area contributed by atoms with Crippen molar-refractivity contribution < 1.29 is 19.4 Å². The van der Waals surface area contributed by atoms with E-state index in [-0.39, 0.29) is 0 Å². The summed E-state index contributed by atoms with van der Waals surface area (Å²) < 4.78 is 10.6. The number of carbonyl (C=O) groups is 1. The molecule has 0 fully saturated rings. The highest BCUT2D eigenvalue weighted by Crippen LogP contribution is 2.32. The number of ether oxygens (including phenoxy) is 2. The summed E-state index contributed by atoms with van der Waals surface area (Å²) in [6.45, 7) is 5.97. The number of carboxylic acids is 1. The van der Waals surface area contributed by atoms with E-state index in [9.17, 15) is 9.90 Å². The van der Waals surface area contributed by atoms with E-state index in [0.29, 0.717) is 17.9 Å². The summed E-state index contributed by atoms with van der Waals surface area (Å²) in [7, 11) is 3.15. The predicted molar refractivity (Wildman–Crippen MR) is 94.3 cm³/mol. The third-order valence-electron chi connectivity index (χ3n) is 4.27. The molecule has 0 bridgehead atoms. The van der Waals surface area contributed by atoms with Crippen molar-refractivity contribution in [1.29, 1.82) is 0 Å². The molecule has 1 unspecified atom stereocenters. The zero-order valence-electron chi connectivity index (χ0n) is 14.8. The maximum absolute atomic E-state index is 11.9. The Morgan fingerprint density at radius 2 is 1.58 bits per heavy atom. The Hall–Kier alpha value is -2.49. The van der Waals surface area contributed by atoms with Gasteiger partial charge in [-0.25, -0.2) is 0 Å².